The van der Waals surface area contributed by atoms with Gasteiger partial charge in [-0.15, -0.1) is 11.8 Å². The van der Waals surface area contributed by atoms with Crippen LogP contribution in [-0.4, -0.2) is 184 Å². The number of amidine groups is 3. The smallest absolute Gasteiger partial charge is 0.221 e. The number of aryl methyl sites for hydroxylation is 2. The van der Waals surface area contributed by atoms with E-state index >= 15 is 0 Å². The van der Waals surface area contributed by atoms with E-state index < -0.39 is 0 Å². The molecule has 0 fully saturated rings. The standard InChI is InChI=1S/C10H14N2.C6H12N2.2C6H8N2.C6H14N2.C6H11NS.C5H11NO.C5H11NS.C5H5N.C3H8.10C2H6/c1-3-10-11-8-6-4-5-7-9(8)12(10)2;1-3-6-7-4-5-8(6)2;1-2-6-3-4-7-5-8-6;1-2-6-7-4-3-5-8-6;1-5-6(7-2)8(3)4;1-2-6-7-4-3-5-8-6;2*1-4-5(7)6(2)3;1-2-4-6-5-3-1;1-3-2;10*1-2/h4-9H,3H2,1-2H3;3-5H2,1-2H3;2*3-5H,2H2,1H3;5H2,1-4H3;2-5H2,1H3;2*4H2,1-3H3;1-5H;3H2,1-2H3;10*1-2H3. The third-order valence-electron chi connectivity index (χ3n) is 10.4. The summed E-state index contributed by atoms with van der Waals surface area (Å²) in [5.41, 5.74) is 1.10. The molecule has 2 unspecified atom stereocenters. The number of hydrogen-bond acceptors (Lipinski definition) is 14. The van der Waals surface area contributed by atoms with Crippen LogP contribution in [0.25, 0.3) is 0 Å². The van der Waals surface area contributed by atoms with Crippen LogP contribution >= 0.6 is 24.0 Å². The summed E-state index contributed by atoms with van der Waals surface area (Å²) in [6, 6.07) is 10.3. The molecule has 0 aromatic carbocycles. The fraction of sp³-hybridized carbons (Fsp3) is 0.705. The van der Waals surface area contributed by atoms with E-state index in [1.807, 2.05) is 239 Å². The SMILES string of the molecule is CC.CC.CC.CC.CC.CC.CC.CC.CC.CC.CCC.CCC(=NC)N(C)C.CCC(=O)N(C)C.CCC(=S)N(C)C.CCC1=NC2C=CC=CC2N1C.CCC1=NCCCS1.CCC1=NCCN1C.CCc1ccncn1.CCc1ncccn1.c1ccncc1. The number of amides is 1. The monoisotopic (exact) mass is 1380 g/mol. The minimum Gasteiger partial charge on any atom is -0.372 e. The Morgan fingerprint density at radius 3 is 1.25 bits per heavy atom. The van der Waals surface area contributed by atoms with Gasteiger partial charge in [-0.3, -0.25) is 29.7 Å². The number of thioether (sulfide) groups is 1. The van der Waals surface area contributed by atoms with Crippen LogP contribution in [0.3, 0.4) is 0 Å². The highest BCUT2D eigenvalue weighted by Gasteiger charge is 2.29. The molecule has 6 heterocycles. The zero-order chi connectivity index (χ0) is 77.2. The molecule has 0 saturated carbocycles. The molecule has 95 heavy (non-hydrogen) atoms. The zero-order valence-electron chi connectivity index (χ0n) is 70.2. The number of thiocarbonyl (C=S) groups is 1. The van der Waals surface area contributed by atoms with Gasteiger partial charge >= 0.3 is 0 Å². The van der Waals surface area contributed by atoms with E-state index in [2.05, 4.69) is 148 Å². The lowest BCUT2D eigenvalue weighted by Crippen LogP contribution is -2.34. The lowest BCUT2D eigenvalue weighted by atomic mass is 10.0. The molecule has 0 N–H and O–H groups in total. The molecule has 0 radical (unpaired) electrons. The summed E-state index contributed by atoms with van der Waals surface area (Å²) in [5.74, 6) is 6.00. The number of aliphatic imine (C=N–C) groups is 4. The summed E-state index contributed by atoms with van der Waals surface area (Å²) in [6.07, 6.45) is 29.2. The van der Waals surface area contributed by atoms with Crippen molar-refractivity contribution in [1.82, 2.24) is 49.4 Å². The highest BCUT2D eigenvalue weighted by Crippen LogP contribution is 2.22. The number of allylic oxidation sites excluding steroid dienone is 2. The highest BCUT2D eigenvalue weighted by atomic mass is 32.2. The zero-order valence-corrected chi connectivity index (χ0v) is 71.8. The van der Waals surface area contributed by atoms with Crippen LogP contribution < -0.4 is 0 Å². The van der Waals surface area contributed by atoms with Gasteiger partial charge in [-0.05, 0) is 49.9 Å². The van der Waals surface area contributed by atoms with Gasteiger partial charge < -0.3 is 24.5 Å². The molecule has 3 aromatic rings. The second-order valence-corrected chi connectivity index (χ2v) is 18.8. The van der Waals surface area contributed by atoms with Gasteiger partial charge in [-0.2, -0.15) is 0 Å². The first-order valence-corrected chi connectivity index (χ1v) is 38.3. The molecule has 3 aliphatic heterocycles. The van der Waals surface area contributed by atoms with Crippen LogP contribution in [0.1, 0.15) is 271 Å². The number of hydrogen-bond donors (Lipinski definition) is 0. The highest BCUT2D eigenvalue weighted by molar-refractivity contribution is 8.14. The van der Waals surface area contributed by atoms with Crippen molar-refractivity contribution in [1.29, 1.82) is 0 Å². The first kappa shape index (κ1) is 120. The van der Waals surface area contributed by atoms with Gasteiger partial charge in [-0.1, -0.05) is 257 Å². The number of aromatic nitrogens is 5. The maximum absolute atomic E-state index is 10.4. The molecule has 7 rings (SSSR count). The summed E-state index contributed by atoms with van der Waals surface area (Å²) in [5, 5.41) is 1.34. The Kier molecular flexibility index (Phi) is 139. The summed E-state index contributed by atoms with van der Waals surface area (Å²) in [7, 11) is 17.5. The quantitative estimate of drug-likeness (QED) is 0.120. The van der Waals surface area contributed by atoms with Gasteiger partial charge in [0.2, 0.25) is 5.91 Å². The van der Waals surface area contributed by atoms with Crippen molar-refractivity contribution in [2.45, 2.75) is 284 Å². The van der Waals surface area contributed by atoms with Crippen molar-refractivity contribution in [2.24, 2.45) is 20.0 Å². The Morgan fingerprint density at radius 2 is 1.04 bits per heavy atom. The van der Waals surface area contributed by atoms with Crippen molar-refractivity contribution >= 4 is 57.4 Å². The molecule has 562 valence electrons. The summed E-state index contributed by atoms with van der Waals surface area (Å²) >= 11 is 6.82. The average molecular weight is 1380 g/mol. The molecule has 3 aromatic heterocycles. The van der Waals surface area contributed by atoms with E-state index in [-0.39, 0.29) is 5.91 Å². The molecule has 0 saturated heterocycles. The molecule has 4 aliphatic rings. The first-order valence-electron chi connectivity index (χ1n) is 36.9. The number of pyridine rings is 1. The average Bonchev–Trinajstić information content (AvgIpc) is 1.69. The third-order valence-corrected chi connectivity index (χ3v) is 12.3. The fourth-order valence-corrected chi connectivity index (χ4v) is 7.07. The Balaban J connectivity index is -0.0000000699. The first-order chi connectivity index (χ1) is 46.0. The second-order valence-electron chi connectivity index (χ2n) is 17.1. The number of carbonyl (C=O) groups excluding carboxylic acids is 1. The fourth-order valence-electron chi connectivity index (χ4n) is 6.17. The van der Waals surface area contributed by atoms with Gasteiger partial charge in [0.15, 0.2) is 0 Å². The Labute approximate surface area is 604 Å². The van der Waals surface area contributed by atoms with E-state index in [0.717, 1.165) is 86.9 Å². The molecule has 1 aliphatic carbocycles. The van der Waals surface area contributed by atoms with Crippen LogP contribution in [-0.2, 0) is 17.6 Å². The third kappa shape index (κ3) is 86.6. The van der Waals surface area contributed by atoms with Crippen molar-refractivity contribution in [3.8, 4) is 0 Å². The number of carbonyl (C=O) groups is 1. The van der Waals surface area contributed by atoms with E-state index in [9.17, 15) is 4.79 Å². The van der Waals surface area contributed by atoms with Gasteiger partial charge in [-0.25, -0.2) is 19.9 Å². The molecule has 17 heteroatoms. The molecule has 15 nitrogen and oxygen atoms in total. The number of nitrogens with zero attached hydrogens (tertiary/aromatic N) is 14. The van der Waals surface area contributed by atoms with Crippen molar-refractivity contribution in [2.75, 3.05) is 88.8 Å². The molecule has 2 atom stereocenters. The van der Waals surface area contributed by atoms with E-state index in [0.29, 0.717) is 18.5 Å². The summed E-state index contributed by atoms with van der Waals surface area (Å²) < 4.78 is 0. The Hall–Kier alpha value is -5.42. The predicted octanol–water partition coefficient (Wildman–Crippen LogP) is 21.9. The van der Waals surface area contributed by atoms with Gasteiger partial charge in [0.25, 0.3) is 0 Å². The second kappa shape index (κ2) is 110. The lowest BCUT2D eigenvalue weighted by molar-refractivity contribution is -0.128. The lowest BCUT2D eigenvalue weighted by Gasteiger charge is -2.23. The van der Waals surface area contributed by atoms with Crippen LogP contribution in [0.15, 0.2) is 112 Å². The number of fused-ring (bicyclic) bond motifs is 1. The number of likely N-dealkylation sites (N-methyl/N-ethyl adjacent to an activating group) is 2. The Morgan fingerprint density at radius 1 is 0.547 bits per heavy atom. The largest absolute Gasteiger partial charge is 0.372 e. The normalized spacial score (nSPS) is 12.5. The molecule has 0 spiro atoms. The van der Waals surface area contributed by atoms with Gasteiger partial charge in [0.05, 0.1) is 46.2 Å². The van der Waals surface area contributed by atoms with Gasteiger partial charge in [0.1, 0.15) is 12.2 Å². The topological polar surface area (TPSA) is 147 Å². The van der Waals surface area contributed by atoms with E-state index in [1.54, 1.807) is 56.3 Å². The van der Waals surface area contributed by atoms with Crippen LogP contribution in [0.5, 0.6) is 0 Å². The number of rotatable bonds is 8. The molecule has 0 bridgehead atoms. The summed E-state index contributed by atoms with van der Waals surface area (Å²) in [6.45, 7) is 64.0. The van der Waals surface area contributed by atoms with Gasteiger partial charge in [0, 0.05) is 151 Å². The van der Waals surface area contributed by atoms with E-state index in [4.69, 9.17) is 12.2 Å². The maximum atomic E-state index is 10.4. The minimum absolute atomic E-state index is 0.181. The van der Waals surface area contributed by atoms with Crippen molar-refractivity contribution in [3.63, 3.8) is 0 Å². The summed E-state index contributed by atoms with van der Waals surface area (Å²) in [4.78, 5) is 58.3. The van der Waals surface area contributed by atoms with Crippen molar-refractivity contribution < 1.29 is 4.79 Å². The molecular formula is C78H162N14OS2. The van der Waals surface area contributed by atoms with Crippen molar-refractivity contribution in [3.05, 3.63) is 103 Å². The molecule has 1 amide bonds. The molecular weight excluding hydrogens is 1210 g/mol. The van der Waals surface area contributed by atoms with Crippen LogP contribution in [0.4, 0.5) is 0 Å². The predicted molar refractivity (Wildman–Crippen MR) is 446 cm³/mol. The van der Waals surface area contributed by atoms with Crippen LogP contribution in [0, 0.1) is 0 Å². The van der Waals surface area contributed by atoms with Crippen LogP contribution in [0.2, 0.25) is 0 Å². The van der Waals surface area contributed by atoms with E-state index in [1.165, 1.54) is 35.3 Å². The Bertz CT molecular complexity index is 1910. The maximum Gasteiger partial charge on any atom is 0.221 e. The minimum atomic E-state index is 0.181.